The van der Waals surface area contributed by atoms with Crippen molar-refractivity contribution >= 4 is 15.9 Å². The molecule has 1 aliphatic heterocycles. The Hall–Kier alpha value is -0.380. The average Bonchev–Trinajstić information content (AvgIpc) is 2.29. The molecule has 0 amide bonds. The van der Waals surface area contributed by atoms with Crippen LogP contribution in [0, 0.1) is 0 Å². The molecule has 1 saturated heterocycles. The first-order chi connectivity index (χ1) is 8.15. The van der Waals surface area contributed by atoms with E-state index in [1.165, 1.54) is 36.2 Å². The van der Waals surface area contributed by atoms with Crippen LogP contribution in [0.25, 0.3) is 0 Å². The summed E-state index contributed by atoms with van der Waals surface area (Å²) in [5.74, 6) is 0. The average molecular weight is 297 g/mol. The van der Waals surface area contributed by atoms with Crippen LogP contribution in [0.2, 0.25) is 0 Å². The minimum Gasteiger partial charge on any atom is -0.298 e. The zero-order chi connectivity index (χ0) is 12.3. The predicted molar refractivity (Wildman–Crippen MR) is 76.1 cm³/mol. The van der Waals surface area contributed by atoms with Crippen molar-refractivity contribution in [3.8, 4) is 0 Å². The van der Waals surface area contributed by atoms with Crippen LogP contribution < -0.4 is 0 Å². The van der Waals surface area contributed by atoms with Crippen LogP contribution in [0.4, 0.5) is 0 Å². The van der Waals surface area contributed by atoms with Gasteiger partial charge in [-0.3, -0.25) is 9.80 Å². The SMILES string of the molecule is CC(C)N1CCN(Cc2cccc(Br)c2)CC1. The Labute approximate surface area is 113 Å². The standard InChI is InChI=1S/C14H21BrN2/c1-12(2)17-8-6-16(7-9-17)11-13-4-3-5-14(15)10-13/h3-5,10,12H,6-9,11H2,1-2H3. The molecule has 0 unspecified atom stereocenters. The Morgan fingerprint density at radius 3 is 2.47 bits per heavy atom. The van der Waals surface area contributed by atoms with Crippen LogP contribution in [0.1, 0.15) is 19.4 Å². The molecule has 0 radical (unpaired) electrons. The van der Waals surface area contributed by atoms with E-state index in [2.05, 4.69) is 63.8 Å². The van der Waals surface area contributed by atoms with Crippen LogP contribution in [0.15, 0.2) is 28.7 Å². The van der Waals surface area contributed by atoms with Gasteiger partial charge in [-0.1, -0.05) is 28.1 Å². The van der Waals surface area contributed by atoms with Gasteiger partial charge >= 0.3 is 0 Å². The summed E-state index contributed by atoms with van der Waals surface area (Å²) in [4.78, 5) is 5.10. The van der Waals surface area contributed by atoms with Crippen molar-refractivity contribution in [3.63, 3.8) is 0 Å². The van der Waals surface area contributed by atoms with Crippen molar-refractivity contribution in [3.05, 3.63) is 34.3 Å². The van der Waals surface area contributed by atoms with Gasteiger partial charge in [0.2, 0.25) is 0 Å². The van der Waals surface area contributed by atoms with Crippen molar-refractivity contribution in [2.75, 3.05) is 26.2 Å². The molecule has 0 bridgehead atoms. The largest absolute Gasteiger partial charge is 0.298 e. The van der Waals surface area contributed by atoms with Crippen molar-refractivity contribution in [2.45, 2.75) is 26.4 Å². The maximum atomic E-state index is 3.53. The molecular formula is C14H21BrN2. The van der Waals surface area contributed by atoms with Gasteiger partial charge in [-0.05, 0) is 31.5 Å². The lowest BCUT2D eigenvalue weighted by atomic mass is 10.2. The zero-order valence-electron chi connectivity index (χ0n) is 10.7. The molecular weight excluding hydrogens is 276 g/mol. The van der Waals surface area contributed by atoms with E-state index in [1.807, 2.05) is 0 Å². The quantitative estimate of drug-likeness (QED) is 0.846. The normalized spacial score (nSPS) is 18.8. The Kier molecular flexibility index (Phi) is 4.60. The number of piperazine rings is 1. The van der Waals surface area contributed by atoms with Gasteiger partial charge in [0.1, 0.15) is 0 Å². The van der Waals surface area contributed by atoms with Crippen LogP contribution in [0.5, 0.6) is 0 Å². The van der Waals surface area contributed by atoms with Crippen LogP contribution in [-0.4, -0.2) is 42.0 Å². The molecule has 1 aromatic rings. The molecule has 0 spiro atoms. The molecule has 17 heavy (non-hydrogen) atoms. The third-order valence-corrected chi connectivity index (χ3v) is 3.93. The number of halogens is 1. The molecule has 94 valence electrons. The first-order valence-electron chi connectivity index (χ1n) is 6.36. The molecule has 2 rings (SSSR count). The summed E-state index contributed by atoms with van der Waals surface area (Å²) >= 11 is 3.53. The fourth-order valence-corrected chi connectivity index (χ4v) is 2.78. The molecule has 1 aliphatic rings. The van der Waals surface area contributed by atoms with Crippen molar-refractivity contribution in [1.29, 1.82) is 0 Å². The summed E-state index contributed by atoms with van der Waals surface area (Å²) < 4.78 is 1.18. The molecule has 0 aromatic heterocycles. The maximum absolute atomic E-state index is 3.53. The lowest BCUT2D eigenvalue weighted by molar-refractivity contribution is 0.104. The minimum atomic E-state index is 0.683. The Bertz CT molecular complexity index is 357. The number of benzene rings is 1. The van der Waals surface area contributed by atoms with Gasteiger partial charge in [-0.25, -0.2) is 0 Å². The molecule has 2 nitrogen and oxygen atoms in total. The van der Waals surface area contributed by atoms with Gasteiger partial charge in [0.15, 0.2) is 0 Å². The van der Waals surface area contributed by atoms with E-state index >= 15 is 0 Å². The fraction of sp³-hybridized carbons (Fsp3) is 0.571. The summed E-state index contributed by atoms with van der Waals surface area (Å²) in [5.41, 5.74) is 1.40. The molecule has 1 aromatic carbocycles. The lowest BCUT2D eigenvalue weighted by Crippen LogP contribution is -2.48. The van der Waals surface area contributed by atoms with Crippen LogP contribution in [-0.2, 0) is 6.54 Å². The van der Waals surface area contributed by atoms with Crippen LogP contribution >= 0.6 is 15.9 Å². The van der Waals surface area contributed by atoms with E-state index in [-0.39, 0.29) is 0 Å². The summed E-state index contributed by atoms with van der Waals surface area (Å²) in [6, 6.07) is 9.31. The highest BCUT2D eigenvalue weighted by atomic mass is 79.9. The molecule has 3 heteroatoms. The van der Waals surface area contributed by atoms with E-state index in [1.54, 1.807) is 0 Å². The summed E-state index contributed by atoms with van der Waals surface area (Å²) in [5, 5.41) is 0. The summed E-state index contributed by atoms with van der Waals surface area (Å²) in [6.45, 7) is 10.4. The second-order valence-corrected chi connectivity index (χ2v) is 5.95. The maximum Gasteiger partial charge on any atom is 0.0235 e. The molecule has 0 saturated carbocycles. The van der Waals surface area contributed by atoms with E-state index < -0.39 is 0 Å². The third-order valence-electron chi connectivity index (χ3n) is 3.43. The number of rotatable bonds is 3. The summed E-state index contributed by atoms with van der Waals surface area (Å²) in [7, 11) is 0. The van der Waals surface area contributed by atoms with Crippen LogP contribution in [0.3, 0.4) is 0 Å². The third kappa shape index (κ3) is 3.80. The summed E-state index contributed by atoms with van der Waals surface area (Å²) in [6.07, 6.45) is 0. The van der Waals surface area contributed by atoms with E-state index in [4.69, 9.17) is 0 Å². The van der Waals surface area contributed by atoms with Gasteiger partial charge in [-0.15, -0.1) is 0 Å². The molecule has 1 fully saturated rings. The number of nitrogens with zero attached hydrogens (tertiary/aromatic N) is 2. The van der Waals surface area contributed by atoms with Gasteiger partial charge in [0.05, 0.1) is 0 Å². The monoisotopic (exact) mass is 296 g/mol. The number of hydrogen-bond donors (Lipinski definition) is 0. The zero-order valence-corrected chi connectivity index (χ0v) is 12.3. The van der Waals surface area contributed by atoms with E-state index in [0.717, 1.165) is 6.54 Å². The fourth-order valence-electron chi connectivity index (χ4n) is 2.33. The van der Waals surface area contributed by atoms with Gasteiger partial charge in [0.25, 0.3) is 0 Å². The second-order valence-electron chi connectivity index (χ2n) is 5.04. The molecule has 0 aliphatic carbocycles. The molecule has 0 atom stereocenters. The van der Waals surface area contributed by atoms with E-state index in [0.29, 0.717) is 6.04 Å². The number of hydrogen-bond acceptors (Lipinski definition) is 2. The highest BCUT2D eigenvalue weighted by molar-refractivity contribution is 9.10. The van der Waals surface area contributed by atoms with Gasteiger partial charge < -0.3 is 0 Å². The first-order valence-corrected chi connectivity index (χ1v) is 7.15. The van der Waals surface area contributed by atoms with Crippen molar-refractivity contribution < 1.29 is 0 Å². The topological polar surface area (TPSA) is 6.48 Å². The lowest BCUT2D eigenvalue weighted by Gasteiger charge is -2.36. The smallest absolute Gasteiger partial charge is 0.0235 e. The molecule has 0 N–H and O–H groups in total. The molecule has 1 heterocycles. The first kappa shape index (κ1) is 13.1. The Morgan fingerprint density at radius 2 is 1.88 bits per heavy atom. The van der Waals surface area contributed by atoms with Gasteiger partial charge in [0, 0.05) is 43.2 Å². The van der Waals surface area contributed by atoms with Gasteiger partial charge in [-0.2, -0.15) is 0 Å². The van der Waals surface area contributed by atoms with Crippen molar-refractivity contribution in [1.82, 2.24) is 9.80 Å². The second kappa shape index (κ2) is 5.98. The van der Waals surface area contributed by atoms with E-state index in [9.17, 15) is 0 Å². The minimum absolute atomic E-state index is 0.683. The Balaban J connectivity index is 1.86. The predicted octanol–water partition coefficient (Wildman–Crippen LogP) is 2.98. The highest BCUT2D eigenvalue weighted by Gasteiger charge is 2.18. The van der Waals surface area contributed by atoms with Crippen molar-refractivity contribution in [2.24, 2.45) is 0 Å². The Morgan fingerprint density at radius 1 is 1.18 bits per heavy atom. The highest BCUT2D eigenvalue weighted by Crippen LogP contribution is 2.15.